The van der Waals surface area contributed by atoms with Gasteiger partial charge in [0.15, 0.2) is 0 Å². The quantitative estimate of drug-likeness (QED) is 0.659. The lowest BCUT2D eigenvalue weighted by atomic mass is 10.2. The summed E-state index contributed by atoms with van der Waals surface area (Å²) in [5.74, 6) is 0.262. The molecule has 102 valence electrons. The summed E-state index contributed by atoms with van der Waals surface area (Å²) in [6.45, 7) is 0. The van der Waals surface area contributed by atoms with Crippen LogP contribution in [0.1, 0.15) is 5.56 Å². The molecule has 2 rings (SSSR count). The third-order valence-electron chi connectivity index (χ3n) is 2.55. The van der Waals surface area contributed by atoms with Crippen LogP contribution in [0.4, 0.5) is 11.4 Å². The topological polar surface area (TPSA) is 77.2 Å². The van der Waals surface area contributed by atoms with Crippen molar-refractivity contribution in [3.63, 3.8) is 0 Å². The Labute approximate surface area is 117 Å². The molecule has 0 saturated heterocycles. The molecule has 1 amide bonds. The van der Waals surface area contributed by atoms with E-state index >= 15 is 0 Å². The first-order valence-corrected chi connectivity index (χ1v) is 6.02. The van der Waals surface area contributed by atoms with Gasteiger partial charge in [-0.2, -0.15) is 0 Å². The Morgan fingerprint density at radius 1 is 1.35 bits per heavy atom. The maximum absolute atomic E-state index is 11.7. The number of pyridine rings is 1. The van der Waals surface area contributed by atoms with Crippen LogP contribution in [-0.2, 0) is 4.79 Å². The van der Waals surface area contributed by atoms with E-state index in [1.165, 1.54) is 19.4 Å². The van der Waals surface area contributed by atoms with Gasteiger partial charge in [0.25, 0.3) is 0 Å². The molecule has 0 radical (unpaired) electrons. The number of rotatable bonds is 4. The molecule has 5 heteroatoms. The zero-order valence-corrected chi connectivity index (χ0v) is 11.0. The second-order valence-electron chi connectivity index (χ2n) is 4.08. The van der Waals surface area contributed by atoms with E-state index in [0.717, 1.165) is 5.56 Å². The lowest BCUT2D eigenvalue weighted by Gasteiger charge is -2.03. The van der Waals surface area contributed by atoms with E-state index in [4.69, 9.17) is 10.5 Å². The number of carbonyl (C=O) groups is 1. The van der Waals surface area contributed by atoms with E-state index in [2.05, 4.69) is 10.3 Å². The third-order valence-corrected chi connectivity index (χ3v) is 2.55. The van der Waals surface area contributed by atoms with Crippen LogP contribution >= 0.6 is 0 Å². The summed E-state index contributed by atoms with van der Waals surface area (Å²) in [5, 5.41) is 2.70. The molecule has 1 aromatic carbocycles. The van der Waals surface area contributed by atoms with Crippen LogP contribution in [0.25, 0.3) is 6.08 Å². The molecule has 0 fully saturated rings. The summed E-state index contributed by atoms with van der Waals surface area (Å²) in [6.07, 6.45) is 4.67. The van der Waals surface area contributed by atoms with Crippen LogP contribution in [0.5, 0.6) is 5.88 Å². The molecule has 0 aliphatic rings. The van der Waals surface area contributed by atoms with Crippen molar-refractivity contribution in [2.24, 2.45) is 0 Å². The Morgan fingerprint density at radius 3 is 2.85 bits per heavy atom. The summed E-state index contributed by atoms with van der Waals surface area (Å²) in [5.41, 5.74) is 7.79. The van der Waals surface area contributed by atoms with E-state index in [0.29, 0.717) is 17.3 Å². The summed E-state index contributed by atoms with van der Waals surface area (Å²) in [6, 6.07) is 10.7. The van der Waals surface area contributed by atoms with Crippen molar-refractivity contribution in [2.45, 2.75) is 0 Å². The van der Waals surface area contributed by atoms with Crippen LogP contribution in [0.2, 0.25) is 0 Å². The Morgan fingerprint density at radius 2 is 2.20 bits per heavy atom. The van der Waals surface area contributed by atoms with Crippen LogP contribution in [0.15, 0.2) is 48.7 Å². The largest absolute Gasteiger partial charge is 0.481 e. The smallest absolute Gasteiger partial charge is 0.248 e. The number of methoxy groups -OCH3 is 1. The average Bonchev–Trinajstić information content (AvgIpc) is 2.46. The Bertz CT molecular complexity index is 621. The van der Waals surface area contributed by atoms with Crippen LogP contribution in [0.3, 0.4) is 0 Å². The first-order chi connectivity index (χ1) is 9.67. The number of aromatic nitrogens is 1. The van der Waals surface area contributed by atoms with Gasteiger partial charge in [-0.3, -0.25) is 4.79 Å². The van der Waals surface area contributed by atoms with Crippen molar-refractivity contribution in [1.82, 2.24) is 4.98 Å². The molecule has 0 spiro atoms. The predicted octanol–water partition coefficient (Wildman–Crippen LogP) is 2.32. The van der Waals surface area contributed by atoms with Crippen molar-refractivity contribution < 1.29 is 9.53 Å². The predicted molar refractivity (Wildman–Crippen MR) is 79.3 cm³/mol. The van der Waals surface area contributed by atoms with Crippen molar-refractivity contribution in [1.29, 1.82) is 0 Å². The van der Waals surface area contributed by atoms with Crippen molar-refractivity contribution in [2.75, 3.05) is 18.2 Å². The molecular formula is C15H15N3O2. The standard InChI is InChI=1S/C15H15N3O2/c1-20-15-8-6-13(10-17-15)18-14(19)7-5-11-3-2-4-12(16)9-11/h2-10H,16H2,1H3,(H,18,19)/b7-5+. The normalized spacial score (nSPS) is 10.4. The maximum Gasteiger partial charge on any atom is 0.248 e. The summed E-state index contributed by atoms with van der Waals surface area (Å²) < 4.78 is 4.94. The third kappa shape index (κ3) is 3.84. The average molecular weight is 269 g/mol. The van der Waals surface area contributed by atoms with Gasteiger partial charge in [-0.25, -0.2) is 4.98 Å². The number of nitrogens with zero attached hydrogens (tertiary/aromatic N) is 1. The second kappa shape index (κ2) is 6.38. The minimum absolute atomic E-state index is 0.237. The minimum atomic E-state index is -0.237. The Hall–Kier alpha value is -2.82. The van der Waals surface area contributed by atoms with Gasteiger partial charge in [0.05, 0.1) is 19.0 Å². The number of amides is 1. The molecule has 2 aromatic rings. The fourth-order valence-electron chi connectivity index (χ4n) is 1.59. The van der Waals surface area contributed by atoms with Gasteiger partial charge >= 0.3 is 0 Å². The Balaban J connectivity index is 1.98. The monoisotopic (exact) mass is 269 g/mol. The Kier molecular flexibility index (Phi) is 4.34. The number of nitrogen functional groups attached to an aromatic ring is 1. The number of hydrogen-bond donors (Lipinski definition) is 2. The molecule has 20 heavy (non-hydrogen) atoms. The lowest BCUT2D eigenvalue weighted by Crippen LogP contribution is -2.07. The number of hydrogen-bond acceptors (Lipinski definition) is 4. The minimum Gasteiger partial charge on any atom is -0.481 e. The van der Waals surface area contributed by atoms with Gasteiger partial charge in [-0.15, -0.1) is 0 Å². The number of anilines is 2. The summed E-state index contributed by atoms with van der Waals surface area (Å²) in [4.78, 5) is 15.7. The number of benzene rings is 1. The fourth-order valence-corrected chi connectivity index (χ4v) is 1.59. The first-order valence-electron chi connectivity index (χ1n) is 6.02. The fraction of sp³-hybridized carbons (Fsp3) is 0.0667. The number of carbonyl (C=O) groups excluding carboxylic acids is 1. The molecule has 0 saturated carbocycles. The number of ether oxygens (including phenoxy) is 1. The van der Waals surface area contributed by atoms with Crippen molar-refractivity contribution >= 4 is 23.4 Å². The molecule has 3 N–H and O–H groups in total. The molecule has 0 aliphatic carbocycles. The number of nitrogens with two attached hydrogens (primary N) is 1. The molecule has 1 aromatic heterocycles. The molecule has 1 heterocycles. The molecule has 0 unspecified atom stereocenters. The van der Waals surface area contributed by atoms with Gasteiger partial charge < -0.3 is 15.8 Å². The first kappa shape index (κ1) is 13.6. The maximum atomic E-state index is 11.7. The van der Waals surface area contributed by atoms with Crippen LogP contribution < -0.4 is 15.8 Å². The highest BCUT2D eigenvalue weighted by Gasteiger charge is 1.99. The molecule has 5 nitrogen and oxygen atoms in total. The second-order valence-corrected chi connectivity index (χ2v) is 4.08. The van der Waals surface area contributed by atoms with Gasteiger partial charge in [-0.05, 0) is 29.8 Å². The zero-order valence-electron chi connectivity index (χ0n) is 11.0. The van der Waals surface area contributed by atoms with E-state index in [1.807, 2.05) is 12.1 Å². The number of nitrogens with one attached hydrogen (secondary N) is 1. The summed E-state index contributed by atoms with van der Waals surface area (Å²) >= 11 is 0. The zero-order chi connectivity index (χ0) is 14.4. The lowest BCUT2D eigenvalue weighted by molar-refractivity contribution is -0.111. The van der Waals surface area contributed by atoms with Crippen LogP contribution in [-0.4, -0.2) is 18.0 Å². The molecule has 0 aliphatic heterocycles. The van der Waals surface area contributed by atoms with E-state index in [-0.39, 0.29) is 5.91 Å². The molecule has 0 bridgehead atoms. The van der Waals surface area contributed by atoms with Crippen molar-refractivity contribution in [3.8, 4) is 5.88 Å². The van der Waals surface area contributed by atoms with E-state index < -0.39 is 0 Å². The van der Waals surface area contributed by atoms with Gasteiger partial charge in [0.1, 0.15) is 0 Å². The van der Waals surface area contributed by atoms with Gasteiger partial charge in [0.2, 0.25) is 11.8 Å². The van der Waals surface area contributed by atoms with E-state index in [1.54, 1.807) is 30.3 Å². The molecule has 0 atom stereocenters. The van der Waals surface area contributed by atoms with Gasteiger partial charge in [0, 0.05) is 17.8 Å². The SMILES string of the molecule is COc1ccc(NC(=O)/C=C/c2cccc(N)c2)cn1. The highest BCUT2D eigenvalue weighted by molar-refractivity contribution is 6.01. The highest BCUT2D eigenvalue weighted by Crippen LogP contribution is 2.11. The van der Waals surface area contributed by atoms with Gasteiger partial charge in [-0.1, -0.05) is 12.1 Å². The summed E-state index contributed by atoms with van der Waals surface area (Å²) in [7, 11) is 1.54. The highest BCUT2D eigenvalue weighted by atomic mass is 16.5. The van der Waals surface area contributed by atoms with E-state index in [9.17, 15) is 4.79 Å². The van der Waals surface area contributed by atoms with Crippen LogP contribution in [0, 0.1) is 0 Å². The van der Waals surface area contributed by atoms with Crippen molar-refractivity contribution in [3.05, 3.63) is 54.2 Å². The molecular weight excluding hydrogens is 254 g/mol.